The Balaban J connectivity index is 1.53. The van der Waals surface area contributed by atoms with Crippen molar-refractivity contribution >= 4 is 22.4 Å². The summed E-state index contributed by atoms with van der Waals surface area (Å²) in [5.74, 6) is -1.64. The number of carbonyl (C=O) groups excluding carboxylic acids is 1. The van der Waals surface area contributed by atoms with Gasteiger partial charge in [0.05, 0.1) is 23.5 Å². The van der Waals surface area contributed by atoms with Crippen LogP contribution in [0.25, 0.3) is 16.5 Å². The minimum absolute atomic E-state index is 0.0305. The Kier molecular flexibility index (Phi) is 5.63. The molecule has 0 aliphatic heterocycles. The van der Waals surface area contributed by atoms with E-state index in [-0.39, 0.29) is 30.9 Å². The molecule has 0 radical (unpaired) electrons. The molecule has 3 aromatic rings. The van der Waals surface area contributed by atoms with Crippen LogP contribution in [0.5, 0.6) is 0 Å². The van der Waals surface area contributed by atoms with Crippen LogP contribution in [-0.4, -0.2) is 22.1 Å². The van der Waals surface area contributed by atoms with Crippen LogP contribution in [0.4, 0.5) is 13.2 Å². The van der Waals surface area contributed by atoms with Crippen LogP contribution < -0.4 is 10.9 Å². The van der Waals surface area contributed by atoms with Crippen molar-refractivity contribution < 1.29 is 18.0 Å². The maximum Gasteiger partial charge on any atom is 0.392 e. The number of rotatable bonds is 4. The van der Waals surface area contributed by atoms with Crippen molar-refractivity contribution in [3.05, 3.63) is 81.9 Å². The summed E-state index contributed by atoms with van der Waals surface area (Å²) < 4.78 is 38.8. The zero-order valence-corrected chi connectivity index (χ0v) is 16.5. The summed E-state index contributed by atoms with van der Waals surface area (Å²) in [6, 6.07) is 11.9. The highest BCUT2D eigenvalue weighted by atomic mass is 19.4. The summed E-state index contributed by atoms with van der Waals surface area (Å²) in [6.07, 6.45) is -0.697. The smallest absolute Gasteiger partial charge is 0.346 e. The molecule has 1 amide bonds. The van der Waals surface area contributed by atoms with Gasteiger partial charge in [-0.2, -0.15) is 13.2 Å². The number of allylic oxidation sites excluding steroid dienone is 2. The van der Waals surface area contributed by atoms with E-state index in [0.717, 1.165) is 16.5 Å². The summed E-state index contributed by atoms with van der Waals surface area (Å²) in [4.78, 5) is 30.9. The van der Waals surface area contributed by atoms with Crippen LogP contribution in [0.15, 0.2) is 59.5 Å². The average Bonchev–Trinajstić information content (AvgIpc) is 2.76. The Labute approximate surface area is 176 Å². The van der Waals surface area contributed by atoms with Crippen LogP contribution in [-0.2, 0) is 6.54 Å². The molecule has 0 bridgehead atoms. The molecule has 2 heterocycles. The number of amides is 1. The van der Waals surface area contributed by atoms with Crippen molar-refractivity contribution in [2.45, 2.75) is 32.0 Å². The molecule has 1 atom stereocenters. The van der Waals surface area contributed by atoms with E-state index in [4.69, 9.17) is 0 Å². The third-order valence-electron chi connectivity index (χ3n) is 5.46. The van der Waals surface area contributed by atoms with E-state index in [0.29, 0.717) is 23.2 Å². The SMILES string of the molecule is O=C(NCc1cccc(=O)[nH]1)c1cnc2c(C3=CCC(C(F)(F)F)CC3)cccc2c1. The van der Waals surface area contributed by atoms with E-state index in [1.807, 2.05) is 18.2 Å². The summed E-state index contributed by atoms with van der Waals surface area (Å²) in [5.41, 5.74) is 3.00. The van der Waals surface area contributed by atoms with Crippen molar-refractivity contribution in [2.75, 3.05) is 0 Å². The second kappa shape index (κ2) is 8.37. The van der Waals surface area contributed by atoms with E-state index in [1.165, 1.54) is 12.3 Å². The van der Waals surface area contributed by atoms with Crippen molar-refractivity contribution in [3.63, 3.8) is 0 Å². The number of hydrogen-bond donors (Lipinski definition) is 2. The second-order valence-corrected chi connectivity index (χ2v) is 7.57. The van der Waals surface area contributed by atoms with Crippen molar-refractivity contribution in [1.82, 2.24) is 15.3 Å². The standard InChI is InChI=1S/C23H20F3N3O2/c24-23(25,26)17-9-7-14(8-10-17)19-5-1-3-15-11-16(12-27-21(15)19)22(31)28-13-18-4-2-6-20(30)29-18/h1-7,11-12,17H,8-10,13H2,(H,28,31)(H,29,30). The molecule has 2 aromatic heterocycles. The number of halogens is 3. The zero-order valence-electron chi connectivity index (χ0n) is 16.5. The molecular formula is C23H20F3N3O2. The van der Waals surface area contributed by atoms with E-state index in [9.17, 15) is 22.8 Å². The minimum atomic E-state index is -4.17. The van der Waals surface area contributed by atoms with Gasteiger partial charge in [-0.15, -0.1) is 0 Å². The van der Waals surface area contributed by atoms with Gasteiger partial charge in [0.2, 0.25) is 5.56 Å². The number of nitrogens with one attached hydrogen (secondary N) is 2. The molecule has 0 saturated heterocycles. The van der Waals surface area contributed by atoms with Gasteiger partial charge in [-0.1, -0.05) is 30.3 Å². The van der Waals surface area contributed by atoms with Gasteiger partial charge in [0, 0.05) is 28.9 Å². The Morgan fingerprint density at radius 3 is 2.71 bits per heavy atom. The van der Waals surface area contributed by atoms with E-state index < -0.39 is 12.1 Å². The number of para-hydroxylation sites is 1. The van der Waals surface area contributed by atoms with Gasteiger partial charge in [0.25, 0.3) is 5.91 Å². The van der Waals surface area contributed by atoms with Gasteiger partial charge < -0.3 is 10.3 Å². The van der Waals surface area contributed by atoms with Crippen LogP contribution in [0.2, 0.25) is 0 Å². The lowest BCUT2D eigenvalue weighted by Crippen LogP contribution is -2.24. The fourth-order valence-corrected chi connectivity index (χ4v) is 3.79. The summed E-state index contributed by atoms with van der Waals surface area (Å²) in [6.45, 7) is 0.167. The lowest BCUT2D eigenvalue weighted by Gasteiger charge is -2.24. The number of H-pyrrole nitrogens is 1. The molecule has 1 aliphatic rings. The van der Waals surface area contributed by atoms with Crippen LogP contribution in [0.1, 0.15) is 40.9 Å². The number of aromatic amines is 1. The number of hydrogen-bond acceptors (Lipinski definition) is 3. The number of benzene rings is 1. The first-order valence-corrected chi connectivity index (χ1v) is 9.92. The first-order chi connectivity index (χ1) is 14.8. The van der Waals surface area contributed by atoms with Crippen molar-refractivity contribution in [1.29, 1.82) is 0 Å². The van der Waals surface area contributed by atoms with Crippen LogP contribution in [0, 0.1) is 5.92 Å². The molecule has 4 rings (SSSR count). The molecule has 0 spiro atoms. The Bertz CT molecular complexity index is 1210. The third kappa shape index (κ3) is 4.68. The number of carbonyl (C=O) groups is 1. The molecule has 160 valence electrons. The maximum atomic E-state index is 12.9. The number of nitrogens with zero attached hydrogens (tertiary/aromatic N) is 1. The highest BCUT2D eigenvalue weighted by Crippen LogP contribution is 2.40. The van der Waals surface area contributed by atoms with E-state index in [2.05, 4.69) is 15.3 Å². The molecule has 1 unspecified atom stereocenters. The largest absolute Gasteiger partial charge is 0.392 e. The van der Waals surface area contributed by atoms with Crippen LogP contribution in [0.3, 0.4) is 0 Å². The quantitative estimate of drug-likeness (QED) is 0.639. The predicted molar refractivity (Wildman–Crippen MR) is 111 cm³/mol. The summed E-state index contributed by atoms with van der Waals surface area (Å²) in [7, 11) is 0. The predicted octanol–water partition coefficient (Wildman–Crippen LogP) is 4.60. The van der Waals surface area contributed by atoms with Crippen molar-refractivity contribution in [3.8, 4) is 0 Å². The third-order valence-corrected chi connectivity index (χ3v) is 5.46. The minimum Gasteiger partial charge on any atom is -0.346 e. The fourth-order valence-electron chi connectivity index (χ4n) is 3.79. The van der Waals surface area contributed by atoms with Gasteiger partial charge in [-0.05, 0) is 37.0 Å². The maximum absolute atomic E-state index is 12.9. The molecule has 5 nitrogen and oxygen atoms in total. The molecule has 1 aromatic carbocycles. The van der Waals surface area contributed by atoms with Gasteiger partial charge in [-0.3, -0.25) is 14.6 Å². The molecule has 8 heteroatoms. The number of pyridine rings is 2. The normalized spacial score (nSPS) is 16.7. The molecular weight excluding hydrogens is 407 g/mol. The average molecular weight is 427 g/mol. The first kappa shape index (κ1) is 20.8. The molecule has 1 aliphatic carbocycles. The van der Waals surface area contributed by atoms with E-state index >= 15 is 0 Å². The lowest BCUT2D eigenvalue weighted by atomic mass is 9.85. The first-order valence-electron chi connectivity index (χ1n) is 9.92. The van der Waals surface area contributed by atoms with Gasteiger partial charge >= 0.3 is 6.18 Å². The second-order valence-electron chi connectivity index (χ2n) is 7.57. The topological polar surface area (TPSA) is 74.8 Å². The molecule has 2 N–H and O–H groups in total. The van der Waals surface area contributed by atoms with Gasteiger partial charge in [-0.25, -0.2) is 0 Å². The zero-order chi connectivity index (χ0) is 22.0. The Hall–Kier alpha value is -3.42. The summed E-state index contributed by atoms with van der Waals surface area (Å²) in [5, 5.41) is 3.47. The lowest BCUT2D eigenvalue weighted by molar-refractivity contribution is -0.175. The Morgan fingerprint density at radius 2 is 2.00 bits per heavy atom. The highest BCUT2D eigenvalue weighted by Gasteiger charge is 2.39. The number of alkyl halides is 3. The van der Waals surface area contributed by atoms with Gasteiger partial charge in [0.1, 0.15) is 0 Å². The number of fused-ring (bicyclic) bond motifs is 1. The molecule has 0 saturated carbocycles. The van der Waals surface area contributed by atoms with Gasteiger partial charge in [0.15, 0.2) is 0 Å². The fraction of sp³-hybridized carbons (Fsp3) is 0.261. The number of aromatic nitrogens is 2. The van der Waals surface area contributed by atoms with E-state index in [1.54, 1.807) is 24.3 Å². The molecule has 31 heavy (non-hydrogen) atoms. The van der Waals surface area contributed by atoms with Crippen molar-refractivity contribution in [2.24, 2.45) is 5.92 Å². The summed E-state index contributed by atoms with van der Waals surface area (Å²) >= 11 is 0. The highest BCUT2D eigenvalue weighted by molar-refractivity contribution is 5.99. The van der Waals surface area contributed by atoms with Crippen LogP contribution >= 0.6 is 0 Å². The Morgan fingerprint density at radius 1 is 1.19 bits per heavy atom. The monoisotopic (exact) mass is 427 g/mol. The molecule has 0 fully saturated rings.